The molecule has 0 saturated heterocycles. The molecule has 2 aromatic rings. The van der Waals surface area contributed by atoms with Gasteiger partial charge in [-0.1, -0.05) is 18.2 Å². The lowest BCUT2D eigenvalue weighted by atomic mass is 10.1. The van der Waals surface area contributed by atoms with Crippen molar-refractivity contribution in [2.24, 2.45) is 0 Å². The first-order valence-electron chi connectivity index (χ1n) is 6.86. The molecule has 1 aromatic heterocycles. The first-order valence-corrected chi connectivity index (χ1v) is 9.22. The Kier molecular flexibility index (Phi) is 5.75. The summed E-state index contributed by atoms with van der Waals surface area (Å²) in [5.74, 6) is 0.347. The molecule has 8 heteroatoms. The fourth-order valence-electron chi connectivity index (χ4n) is 1.89. The normalized spacial score (nSPS) is 11.2. The van der Waals surface area contributed by atoms with E-state index in [0.29, 0.717) is 6.54 Å². The van der Waals surface area contributed by atoms with Gasteiger partial charge in [-0.3, -0.25) is 4.79 Å². The van der Waals surface area contributed by atoms with Gasteiger partial charge >= 0.3 is 0 Å². The molecule has 0 aliphatic carbocycles. The molecule has 0 bridgehead atoms. The maximum absolute atomic E-state index is 11.9. The molecule has 23 heavy (non-hydrogen) atoms. The Morgan fingerprint density at radius 3 is 2.74 bits per heavy atom. The molecule has 0 fully saturated rings. The van der Waals surface area contributed by atoms with E-state index in [2.05, 4.69) is 10.0 Å². The van der Waals surface area contributed by atoms with Crippen molar-refractivity contribution in [1.82, 2.24) is 10.0 Å². The third-order valence-electron chi connectivity index (χ3n) is 3.14. The lowest BCUT2D eigenvalue weighted by Crippen LogP contribution is -2.36. The van der Waals surface area contributed by atoms with E-state index in [1.807, 2.05) is 25.1 Å². The highest BCUT2D eigenvalue weighted by atomic mass is 32.2. The number of thiophene rings is 1. The van der Waals surface area contributed by atoms with Crippen molar-refractivity contribution in [2.75, 3.05) is 13.7 Å². The van der Waals surface area contributed by atoms with Crippen LogP contribution in [0.3, 0.4) is 0 Å². The summed E-state index contributed by atoms with van der Waals surface area (Å²) >= 11 is 1.10. The number of hydrogen-bond acceptors (Lipinski definition) is 5. The quantitative estimate of drug-likeness (QED) is 0.792. The van der Waals surface area contributed by atoms with Crippen molar-refractivity contribution in [3.63, 3.8) is 0 Å². The standard InChI is InChI=1S/C15H18N2O4S2/c1-11-5-6-12(8-13(11)21-2)9-16-14(18)10-17-23(19,20)15-4-3-7-22-15/h3-8,17H,9-10H2,1-2H3,(H,16,18). The van der Waals surface area contributed by atoms with Crippen LogP contribution in [0.1, 0.15) is 11.1 Å². The summed E-state index contributed by atoms with van der Waals surface area (Å²) in [6.45, 7) is 1.93. The van der Waals surface area contributed by atoms with Crippen LogP contribution in [0.15, 0.2) is 39.9 Å². The number of hydrogen-bond donors (Lipinski definition) is 2. The largest absolute Gasteiger partial charge is 0.496 e. The van der Waals surface area contributed by atoms with Gasteiger partial charge in [0.15, 0.2) is 0 Å². The van der Waals surface area contributed by atoms with E-state index >= 15 is 0 Å². The lowest BCUT2D eigenvalue weighted by Gasteiger charge is -2.09. The maximum atomic E-state index is 11.9. The molecule has 1 heterocycles. The van der Waals surface area contributed by atoms with E-state index in [-0.39, 0.29) is 10.8 Å². The molecule has 0 aliphatic rings. The lowest BCUT2D eigenvalue weighted by molar-refractivity contribution is -0.120. The van der Waals surface area contributed by atoms with Gasteiger partial charge in [-0.15, -0.1) is 11.3 Å². The summed E-state index contributed by atoms with van der Waals surface area (Å²) in [5.41, 5.74) is 1.88. The summed E-state index contributed by atoms with van der Waals surface area (Å²) in [6, 6.07) is 8.76. The van der Waals surface area contributed by atoms with Gasteiger partial charge in [0.25, 0.3) is 10.0 Å². The number of amides is 1. The molecule has 0 unspecified atom stereocenters. The van der Waals surface area contributed by atoms with E-state index in [0.717, 1.165) is 28.2 Å². The summed E-state index contributed by atoms with van der Waals surface area (Å²) in [7, 11) is -2.04. The monoisotopic (exact) mass is 354 g/mol. The van der Waals surface area contributed by atoms with Crippen molar-refractivity contribution in [3.05, 3.63) is 46.8 Å². The zero-order valence-corrected chi connectivity index (χ0v) is 14.5. The Labute approximate surface area is 139 Å². The molecule has 0 spiro atoms. The molecule has 0 aliphatic heterocycles. The third-order valence-corrected chi connectivity index (χ3v) is 5.94. The first-order chi connectivity index (χ1) is 10.9. The summed E-state index contributed by atoms with van der Waals surface area (Å²) in [4.78, 5) is 11.8. The van der Waals surface area contributed by atoms with Crippen molar-refractivity contribution in [1.29, 1.82) is 0 Å². The third kappa shape index (κ3) is 4.78. The van der Waals surface area contributed by atoms with Crippen molar-refractivity contribution >= 4 is 27.3 Å². The van der Waals surface area contributed by atoms with Gasteiger partial charge < -0.3 is 10.1 Å². The van der Waals surface area contributed by atoms with Crippen LogP contribution < -0.4 is 14.8 Å². The van der Waals surface area contributed by atoms with Gasteiger partial charge in [0.05, 0.1) is 13.7 Å². The van der Waals surface area contributed by atoms with Crippen LogP contribution in [-0.2, 0) is 21.4 Å². The van der Waals surface area contributed by atoms with Crippen molar-refractivity contribution < 1.29 is 17.9 Å². The van der Waals surface area contributed by atoms with Gasteiger partial charge in [-0.05, 0) is 35.6 Å². The molecule has 2 rings (SSSR count). The Bertz CT molecular complexity index is 771. The van der Waals surface area contributed by atoms with Crippen LogP contribution >= 0.6 is 11.3 Å². The maximum Gasteiger partial charge on any atom is 0.250 e. The second-order valence-corrected chi connectivity index (χ2v) is 7.78. The minimum absolute atomic E-state index is 0.188. The van der Waals surface area contributed by atoms with Crippen LogP contribution in [-0.4, -0.2) is 28.0 Å². The van der Waals surface area contributed by atoms with Crippen LogP contribution in [0.4, 0.5) is 0 Å². The number of carbonyl (C=O) groups excluding carboxylic acids is 1. The molecule has 0 radical (unpaired) electrons. The van der Waals surface area contributed by atoms with E-state index in [1.165, 1.54) is 6.07 Å². The minimum atomic E-state index is -3.62. The molecule has 6 nitrogen and oxygen atoms in total. The Hall–Kier alpha value is -1.90. The highest BCUT2D eigenvalue weighted by Crippen LogP contribution is 2.18. The zero-order chi connectivity index (χ0) is 16.9. The van der Waals surface area contributed by atoms with Crippen LogP contribution in [0.2, 0.25) is 0 Å². The molecule has 1 aromatic carbocycles. The van der Waals surface area contributed by atoms with Gasteiger partial charge in [0.1, 0.15) is 9.96 Å². The first kappa shape index (κ1) is 17.5. The fraction of sp³-hybridized carbons (Fsp3) is 0.267. The van der Waals surface area contributed by atoms with E-state index in [9.17, 15) is 13.2 Å². The second kappa shape index (κ2) is 7.58. The fourth-order valence-corrected chi connectivity index (χ4v) is 3.91. The van der Waals surface area contributed by atoms with Gasteiger partial charge in [-0.2, -0.15) is 0 Å². The number of benzene rings is 1. The molecular weight excluding hydrogens is 336 g/mol. The number of aryl methyl sites for hydroxylation is 1. The predicted octanol–water partition coefficient (Wildman–Crippen LogP) is 1.66. The van der Waals surface area contributed by atoms with Crippen molar-refractivity contribution in [2.45, 2.75) is 17.7 Å². The summed E-state index contributed by atoms with van der Waals surface area (Å²) < 4.78 is 31.5. The molecule has 1 amide bonds. The van der Waals surface area contributed by atoms with Gasteiger partial charge in [0, 0.05) is 6.54 Å². The molecule has 2 N–H and O–H groups in total. The van der Waals surface area contributed by atoms with Gasteiger partial charge in [-0.25, -0.2) is 13.1 Å². The van der Waals surface area contributed by atoms with Crippen LogP contribution in [0.5, 0.6) is 5.75 Å². The van der Waals surface area contributed by atoms with Crippen molar-refractivity contribution in [3.8, 4) is 5.75 Å². The van der Waals surface area contributed by atoms with Gasteiger partial charge in [0.2, 0.25) is 5.91 Å². The zero-order valence-electron chi connectivity index (χ0n) is 12.8. The average molecular weight is 354 g/mol. The molecular formula is C15H18N2O4S2. The Morgan fingerprint density at radius 1 is 1.30 bits per heavy atom. The topological polar surface area (TPSA) is 84.5 Å². The second-order valence-electron chi connectivity index (χ2n) is 4.84. The highest BCUT2D eigenvalue weighted by molar-refractivity contribution is 7.91. The minimum Gasteiger partial charge on any atom is -0.496 e. The summed E-state index contributed by atoms with van der Waals surface area (Å²) in [6.07, 6.45) is 0. The number of ether oxygens (including phenoxy) is 1. The highest BCUT2D eigenvalue weighted by Gasteiger charge is 2.16. The Morgan fingerprint density at radius 2 is 2.09 bits per heavy atom. The van der Waals surface area contributed by atoms with E-state index < -0.39 is 15.9 Å². The number of nitrogens with one attached hydrogen (secondary N) is 2. The Balaban J connectivity index is 1.86. The summed E-state index contributed by atoms with van der Waals surface area (Å²) in [5, 5.41) is 4.34. The smallest absolute Gasteiger partial charge is 0.250 e. The number of sulfonamides is 1. The SMILES string of the molecule is COc1cc(CNC(=O)CNS(=O)(=O)c2cccs2)ccc1C. The molecule has 0 atom stereocenters. The number of rotatable bonds is 7. The number of carbonyl (C=O) groups is 1. The molecule has 124 valence electrons. The number of methoxy groups -OCH3 is 1. The molecule has 0 saturated carbocycles. The van der Waals surface area contributed by atoms with E-state index in [1.54, 1.807) is 18.6 Å². The van der Waals surface area contributed by atoms with Crippen LogP contribution in [0.25, 0.3) is 0 Å². The van der Waals surface area contributed by atoms with Crippen LogP contribution in [0, 0.1) is 6.92 Å². The van der Waals surface area contributed by atoms with E-state index in [4.69, 9.17) is 4.74 Å². The average Bonchev–Trinajstić information content (AvgIpc) is 3.07. The predicted molar refractivity (Wildman–Crippen MR) is 89.1 cm³/mol.